The Morgan fingerprint density at radius 3 is 2.58 bits per heavy atom. The highest BCUT2D eigenvalue weighted by Gasteiger charge is 2.30. The van der Waals surface area contributed by atoms with Crippen LogP contribution in [0, 0.1) is 0 Å². The van der Waals surface area contributed by atoms with E-state index in [0.29, 0.717) is 29.1 Å². The smallest absolute Gasteiger partial charge is 0.350 e. The van der Waals surface area contributed by atoms with Gasteiger partial charge < -0.3 is 11.1 Å². The lowest BCUT2D eigenvalue weighted by atomic mass is 10.1. The van der Waals surface area contributed by atoms with Crippen molar-refractivity contribution in [1.82, 2.24) is 10.3 Å². The number of amides is 1. The molecule has 24 heavy (non-hydrogen) atoms. The summed E-state index contributed by atoms with van der Waals surface area (Å²) in [5.41, 5.74) is 6.19. The van der Waals surface area contributed by atoms with Crippen molar-refractivity contribution >= 4 is 17.2 Å². The highest BCUT2D eigenvalue weighted by molar-refractivity contribution is 7.13. The van der Waals surface area contributed by atoms with Crippen LogP contribution >= 0.6 is 11.3 Å². The summed E-state index contributed by atoms with van der Waals surface area (Å²) in [5.74, 6) is -0.101. The van der Waals surface area contributed by atoms with E-state index in [4.69, 9.17) is 5.73 Å². The first-order valence-corrected chi connectivity index (χ1v) is 8.28. The fourth-order valence-corrected chi connectivity index (χ4v) is 2.78. The zero-order chi connectivity index (χ0) is 17.7. The van der Waals surface area contributed by atoms with E-state index < -0.39 is 11.7 Å². The number of aromatic nitrogens is 1. The summed E-state index contributed by atoms with van der Waals surface area (Å²) < 4.78 is 37.7. The molecule has 2 aromatic rings. The second-order valence-electron chi connectivity index (χ2n) is 5.51. The maximum absolute atomic E-state index is 12.6. The van der Waals surface area contributed by atoms with Gasteiger partial charge in [0.05, 0.1) is 17.8 Å². The molecule has 2 rings (SSSR count). The maximum atomic E-state index is 12.6. The first-order valence-electron chi connectivity index (χ1n) is 7.40. The van der Waals surface area contributed by atoms with Crippen LogP contribution < -0.4 is 11.1 Å². The number of carbonyl (C=O) groups excluding carboxylic acids is 1. The molecule has 4 nitrogen and oxygen atoms in total. The Morgan fingerprint density at radius 2 is 2.00 bits per heavy atom. The van der Waals surface area contributed by atoms with Crippen molar-refractivity contribution in [2.24, 2.45) is 5.73 Å². The van der Waals surface area contributed by atoms with Crippen LogP contribution in [0.5, 0.6) is 0 Å². The molecule has 1 aromatic heterocycles. The van der Waals surface area contributed by atoms with E-state index in [1.165, 1.54) is 23.5 Å². The first kappa shape index (κ1) is 18.4. The first-order chi connectivity index (χ1) is 11.3. The molecule has 1 atom stereocenters. The Bertz CT molecular complexity index is 681. The molecule has 3 N–H and O–H groups in total. The molecule has 0 spiro atoms. The number of nitrogens with two attached hydrogens (primary N) is 1. The monoisotopic (exact) mass is 357 g/mol. The van der Waals surface area contributed by atoms with Gasteiger partial charge >= 0.3 is 6.18 Å². The lowest BCUT2D eigenvalue weighted by Gasteiger charge is -2.06. The van der Waals surface area contributed by atoms with E-state index in [1.807, 2.05) is 6.92 Å². The van der Waals surface area contributed by atoms with Gasteiger partial charge in [-0.1, -0.05) is 12.1 Å². The molecule has 0 radical (unpaired) electrons. The van der Waals surface area contributed by atoms with Crippen LogP contribution in [-0.4, -0.2) is 16.9 Å². The van der Waals surface area contributed by atoms with E-state index in [-0.39, 0.29) is 18.5 Å². The van der Waals surface area contributed by atoms with Gasteiger partial charge in [0.15, 0.2) is 0 Å². The van der Waals surface area contributed by atoms with Gasteiger partial charge in [0.1, 0.15) is 5.01 Å². The number of alkyl halides is 3. The number of hydrogen-bond acceptors (Lipinski definition) is 4. The molecule has 1 heterocycles. The third-order valence-corrected chi connectivity index (χ3v) is 4.24. The summed E-state index contributed by atoms with van der Waals surface area (Å²) >= 11 is 1.32. The molecule has 1 amide bonds. The highest BCUT2D eigenvalue weighted by Crippen LogP contribution is 2.31. The van der Waals surface area contributed by atoms with E-state index in [2.05, 4.69) is 10.3 Å². The summed E-state index contributed by atoms with van der Waals surface area (Å²) in [6, 6.07) is 4.83. The molecule has 1 aromatic carbocycles. The van der Waals surface area contributed by atoms with Gasteiger partial charge in [-0.25, -0.2) is 4.98 Å². The van der Waals surface area contributed by atoms with E-state index in [0.717, 1.165) is 12.1 Å². The summed E-state index contributed by atoms with van der Waals surface area (Å²) in [6.45, 7) is 2.12. The predicted molar refractivity (Wildman–Crippen MR) is 87.3 cm³/mol. The third kappa shape index (κ3) is 5.31. The summed E-state index contributed by atoms with van der Waals surface area (Å²) in [6.07, 6.45) is -3.38. The van der Waals surface area contributed by atoms with Crippen molar-refractivity contribution in [2.45, 2.75) is 38.5 Å². The van der Waals surface area contributed by atoms with Gasteiger partial charge in [0.2, 0.25) is 5.91 Å². The molecule has 8 heteroatoms. The fraction of sp³-hybridized carbons (Fsp3) is 0.375. The van der Waals surface area contributed by atoms with Crippen molar-refractivity contribution in [1.29, 1.82) is 0 Å². The fourth-order valence-electron chi connectivity index (χ4n) is 1.96. The minimum atomic E-state index is -4.35. The molecule has 0 aliphatic heterocycles. The van der Waals surface area contributed by atoms with E-state index in [1.54, 1.807) is 5.38 Å². The topological polar surface area (TPSA) is 68.0 Å². The lowest BCUT2D eigenvalue weighted by Crippen LogP contribution is -2.25. The predicted octanol–water partition coefficient (Wildman–Crippen LogP) is 3.57. The van der Waals surface area contributed by atoms with Crippen LogP contribution in [0.15, 0.2) is 29.6 Å². The van der Waals surface area contributed by atoms with Crippen molar-refractivity contribution in [3.8, 4) is 10.6 Å². The number of nitrogens with zero attached hydrogens (tertiary/aromatic N) is 1. The van der Waals surface area contributed by atoms with Crippen molar-refractivity contribution in [3.63, 3.8) is 0 Å². The standard InChI is InChI=1S/C16H18F3N3OS/c1-10(20)2-7-14(23)21-8-13-9-24-15(22-13)11-3-5-12(6-4-11)16(17,18)19/h3-6,9-10H,2,7-8,20H2,1H3,(H,21,23). The number of benzene rings is 1. The molecular formula is C16H18F3N3OS. The number of halogens is 3. The number of rotatable bonds is 6. The van der Waals surface area contributed by atoms with Crippen molar-refractivity contribution < 1.29 is 18.0 Å². The Kier molecular flexibility index (Phi) is 5.95. The van der Waals surface area contributed by atoms with Gasteiger partial charge in [-0.15, -0.1) is 11.3 Å². The third-order valence-electron chi connectivity index (χ3n) is 3.30. The Morgan fingerprint density at radius 1 is 1.33 bits per heavy atom. The summed E-state index contributed by atoms with van der Waals surface area (Å²) in [5, 5.41) is 5.14. The maximum Gasteiger partial charge on any atom is 0.416 e. The van der Waals surface area contributed by atoms with Gasteiger partial charge in [-0.05, 0) is 25.5 Å². The zero-order valence-corrected chi connectivity index (χ0v) is 13.9. The Labute approximate surface area is 141 Å². The van der Waals surface area contributed by atoms with Crippen LogP contribution in [-0.2, 0) is 17.5 Å². The highest BCUT2D eigenvalue weighted by atomic mass is 32.1. The van der Waals surface area contributed by atoms with Gasteiger partial charge in [0, 0.05) is 23.4 Å². The number of thiazole rings is 1. The van der Waals surface area contributed by atoms with Crippen LogP contribution in [0.25, 0.3) is 10.6 Å². The van der Waals surface area contributed by atoms with Crippen LogP contribution in [0.1, 0.15) is 31.0 Å². The van der Waals surface area contributed by atoms with E-state index >= 15 is 0 Å². The molecule has 0 fully saturated rings. The normalized spacial score (nSPS) is 12.9. The zero-order valence-electron chi connectivity index (χ0n) is 13.1. The van der Waals surface area contributed by atoms with Crippen molar-refractivity contribution in [2.75, 3.05) is 0 Å². The molecule has 130 valence electrons. The second-order valence-corrected chi connectivity index (χ2v) is 6.37. The average Bonchev–Trinajstić information content (AvgIpc) is 2.99. The van der Waals surface area contributed by atoms with Gasteiger partial charge in [-0.3, -0.25) is 4.79 Å². The lowest BCUT2D eigenvalue weighted by molar-refractivity contribution is -0.137. The molecule has 0 saturated carbocycles. The van der Waals surface area contributed by atoms with Gasteiger partial charge in [0.25, 0.3) is 0 Å². The molecule has 0 bridgehead atoms. The van der Waals surface area contributed by atoms with E-state index in [9.17, 15) is 18.0 Å². The van der Waals surface area contributed by atoms with Crippen LogP contribution in [0.2, 0.25) is 0 Å². The molecule has 1 unspecified atom stereocenters. The van der Waals surface area contributed by atoms with Crippen LogP contribution in [0.4, 0.5) is 13.2 Å². The molecule has 0 saturated heterocycles. The molecule has 0 aliphatic rings. The average molecular weight is 357 g/mol. The number of nitrogens with one attached hydrogen (secondary N) is 1. The Hall–Kier alpha value is -1.93. The van der Waals surface area contributed by atoms with Crippen LogP contribution in [0.3, 0.4) is 0 Å². The molecule has 0 aliphatic carbocycles. The summed E-state index contributed by atoms with van der Waals surface area (Å²) in [7, 11) is 0. The van der Waals surface area contributed by atoms with Crippen molar-refractivity contribution in [3.05, 3.63) is 40.9 Å². The second kappa shape index (κ2) is 7.76. The summed E-state index contributed by atoms with van der Waals surface area (Å²) in [4.78, 5) is 16.0. The minimum Gasteiger partial charge on any atom is -0.350 e. The number of carbonyl (C=O) groups is 1. The largest absolute Gasteiger partial charge is 0.416 e. The number of hydrogen-bond donors (Lipinski definition) is 2. The minimum absolute atomic E-state index is 0.0266. The van der Waals surface area contributed by atoms with Gasteiger partial charge in [-0.2, -0.15) is 13.2 Å². The Balaban J connectivity index is 1.94. The quantitative estimate of drug-likeness (QED) is 0.830. The molecular weight excluding hydrogens is 339 g/mol. The SMILES string of the molecule is CC(N)CCC(=O)NCc1csc(-c2ccc(C(F)(F)F)cc2)n1.